The molecular formula is C25H33N2O3PS. The summed E-state index contributed by atoms with van der Waals surface area (Å²) in [6.45, 7) is 2.24. The second-order valence-corrected chi connectivity index (χ2v) is 10.9. The largest absolute Gasteiger partial charge is 0.325 e. The lowest BCUT2D eigenvalue weighted by Crippen LogP contribution is -1.97. The number of unbranched alkanes of at least 4 members (excludes halogenated alkanes) is 5. The van der Waals surface area contributed by atoms with Crippen molar-refractivity contribution in [3.63, 3.8) is 0 Å². The van der Waals surface area contributed by atoms with Crippen molar-refractivity contribution in [2.24, 2.45) is 0 Å². The number of pyridine rings is 1. The molecule has 0 aliphatic heterocycles. The van der Waals surface area contributed by atoms with Gasteiger partial charge in [-0.2, -0.15) is 0 Å². The fourth-order valence-corrected chi connectivity index (χ4v) is 5.06. The van der Waals surface area contributed by atoms with Crippen LogP contribution in [0.3, 0.4) is 0 Å². The number of rotatable bonds is 13. The summed E-state index contributed by atoms with van der Waals surface area (Å²) < 4.78 is 11.0. The SMILES string of the molecule is CCCCCCc1ccc(-c2ccc(CCCCCP(=O)(O)O)nc2-c2nccs2)cc1. The lowest BCUT2D eigenvalue weighted by atomic mass is 9.99. The van der Waals surface area contributed by atoms with E-state index in [-0.39, 0.29) is 6.16 Å². The Morgan fingerprint density at radius 2 is 1.66 bits per heavy atom. The van der Waals surface area contributed by atoms with E-state index in [1.165, 1.54) is 31.2 Å². The van der Waals surface area contributed by atoms with Gasteiger partial charge in [-0.25, -0.2) is 9.97 Å². The highest BCUT2D eigenvalue weighted by Crippen LogP contribution is 2.36. The first-order chi connectivity index (χ1) is 15.5. The van der Waals surface area contributed by atoms with E-state index < -0.39 is 7.60 Å². The number of hydrogen-bond donors (Lipinski definition) is 2. The number of hydrogen-bond acceptors (Lipinski definition) is 4. The van der Waals surface area contributed by atoms with Crippen LogP contribution in [0.4, 0.5) is 0 Å². The molecule has 7 heteroatoms. The molecule has 3 rings (SSSR count). The van der Waals surface area contributed by atoms with Crippen molar-refractivity contribution in [3.8, 4) is 21.8 Å². The summed E-state index contributed by atoms with van der Waals surface area (Å²) in [5, 5.41) is 2.88. The van der Waals surface area contributed by atoms with E-state index in [9.17, 15) is 4.57 Å². The predicted molar refractivity (Wildman–Crippen MR) is 133 cm³/mol. The summed E-state index contributed by atoms with van der Waals surface area (Å²) >= 11 is 1.59. The van der Waals surface area contributed by atoms with Gasteiger partial charge in [0.05, 0.1) is 0 Å². The van der Waals surface area contributed by atoms with Crippen molar-refractivity contribution >= 4 is 18.9 Å². The number of aryl methyl sites for hydroxylation is 2. The second-order valence-electron chi connectivity index (χ2n) is 8.24. The van der Waals surface area contributed by atoms with Crippen LogP contribution in [0.25, 0.3) is 21.8 Å². The summed E-state index contributed by atoms with van der Waals surface area (Å²) in [5.41, 5.74) is 5.50. The Morgan fingerprint density at radius 1 is 0.906 bits per heavy atom. The molecule has 0 unspecified atom stereocenters. The summed E-state index contributed by atoms with van der Waals surface area (Å²) in [6.07, 6.45) is 10.9. The highest BCUT2D eigenvalue weighted by atomic mass is 32.1. The van der Waals surface area contributed by atoms with Crippen molar-refractivity contribution in [2.75, 3.05) is 6.16 Å². The van der Waals surface area contributed by atoms with Crippen molar-refractivity contribution in [1.29, 1.82) is 0 Å². The number of thiazole rings is 1. The second kappa shape index (κ2) is 12.4. The summed E-state index contributed by atoms with van der Waals surface area (Å²) in [4.78, 5) is 27.4. The maximum absolute atomic E-state index is 11.0. The summed E-state index contributed by atoms with van der Waals surface area (Å²) in [6, 6.07) is 13.0. The average molecular weight is 473 g/mol. The molecule has 3 aromatic rings. The fraction of sp³-hybridized carbons (Fsp3) is 0.440. The van der Waals surface area contributed by atoms with E-state index in [0.29, 0.717) is 6.42 Å². The molecule has 2 heterocycles. The molecule has 0 bridgehead atoms. The van der Waals surface area contributed by atoms with Crippen LogP contribution in [0.15, 0.2) is 48.0 Å². The zero-order chi connectivity index (χ0) is 22.8. The van der Waals surface area contributed by atoms with E-state index >= 15 is 0 Å². The molecule has 2 N–H and O–H groups in total. The quantitative estimate of drug-likeness (QED) is 0.209. The van der Waals surface area contributed by atoms with Crippen LogP contribution in [0.5, 0.6) is 0 Å². The van der Waals surface area contributed by atoms with Gasteiger partial charge in [-0.05, 0) is 49.3 Å². The van der Waals surface area contributed by atoms with Crippen LogP contribution in [0.2, 0.25) is 0 Å². The molecule has 0 spiro atoms. The molecule has 0 fully saturated rings. The van der Waals surface area contributed by atoms with Crippen molar-refractivity contribution < 1.29 is 14.4 Å². The van der Waals surface area contributed by atoms with Gasteiger partial charge in [0.2, 0.25) is 0 Å². The minimum Gasteiger partial charge on any atom is -0.324 e. The molecule has 0 aliphatic carbocycles. The minimum atomic E-state index is -3.90. The van der Waals surface area contributed by atoms with Crippen LogP contribution in [0.1, 0.15) is 63.1 Å². The first-order valence-corrected chi connectivity index (χ1v) is 14.2. The van der Waals surface area contributed by atoms with Crippen LogP contribution >= 0.6 is 18.9 Å². The highest BCUT2D eigenvalue weighted by Gasteiger charge is 2.14. The Labute approximate surface area is 195 Å². The molecule has 172 valence electrons. The van der Waals surface area contributed by atoms with Gasteiger partial charge in [-0.1, -0.05) is 62.9 Å². The molecule has 2 aromatic heterocycles. The highest BCUT2D eigenvalue weighted by molar-refractivity contribution is 7.51. The lowest BCUT2D eigenvalue weighted by molar-refractivity contribution is 0.371. The molecule has 0 radical (unpaired) electrons. The Hall–Kier alpha value is -1.85. The summed E-state index contributed by atoms with van der Waals surface area (Å²) in [7, 11) is -3.90. The van der Waals surface area contributed by atoms with Gasteiger partial charge in [0.1, 0.15) is 10.7 Å². The number of aromatic nitrogens is 2. The zero-order valence-electron chi connectivity index (χ0n) is 18.7. The smallest absolute Gasteiger partial charge is 0.324 e. The Kier molecular flexibility index (Phi) is 9.61. The third-order valence-corrected chi connectivity index (χ3v) is 7.23. The average Bonchev–Trinajstić information content (AvgIpc) is 3.31. The van der Waals surface area contributed by atoms with Crippen molar-refractivity contribution in [2.45, 2.75) is 64.7 Å². The van der Waals surface area contributed by atoms with Gasteiger partial charge in [0.15, 0.2) is 0 Å². The summed E-state index contributed by atoms with van der Waals surface area (Å²) in [5.74, 6) is 0. The maximum Gasteiger partial charge on any atom is 0.325 e. The van der Waals surface area contributed by atoms with Crippen LogP contribution in [-0.4, -0.2) is 25.9 Å². The van der Waals surface area contributed by atoms with Gasteiger partial charge >= 0.3 is 7.60 Å². The monoisotopic (exact) mass is 472 g/mol. The first kappa shape index (κ1) is 24.8. The molecule has 0 aliphatic rings. The third kappa shape index (κ3) is 7.93. The van der Waals surface area contributed by atoms with Gasteiger partial charge in [-0.3, -0.25) is 4.57 Å². The molecule has 0 atom stereocenters. The van der Waals surface area contributed by atoms with Gasteiger partial charge < -0.3 is 9.79 Å². The topological polar surface area (TPSA) is 83.3 Å². The fourth-order valence-electron chi connectivity index (χ4n) is 3.78. The number of benzene rings is 1. The molecule has 32 heavy (non-hydrogen) atoms. The molecule has 1 aromatic carbocycles. The Morgan fingerprint density at radius 3 is 2.34 bits per heavy atom. The minimum absolute atomic E-state index is 0.0433. The van der Waals surface area contributed by atoms with E-state index in [2.05, 4.69) is 48.3 Å². The maximum atomic E-state index is 11.0. The van der Waals surface area contributed by atoms with Crippen LogP contribution < -0.4 is 0 Å². The number of nitrogens with zero attached hydrogens (tertiary/aromatic N) is 2. The predicted octanol–water partition coefficient (Wildman–Crippen LogP) is 6.89. The van der Waals surface area contributed by atoms with Gasteiger partial charge in [0.25, 0.3) is 0 Å². The standard InChI is InChI=1S/C25H33N2O3PS/c1-2-3-4-6-9-20-11-13-21(14-12-20)23-16-15-22(10-7-5-8-18-31(28,29)30)27-24(23)25-26-17-19-32-25/h11-17,19H,2-10,18H2,1H3,(H2,28,29,30). The Bertz CT molecular complexity index is 1000. The molecular weight excluding hydrogens is 439 g/mol. The van der Waals surface area contributed by atoms with Gasteiger partial charge in [-0.15, -0.1) is 11.3 Å². The van der Waals surface area contributed by atoms with Gasteiger partial charge in [0, 0.05) is 29.0 Å². The van der Waals surface area contributed by atoms with Crippen LogP contribution in [-0.2, 0) is 17.4 Å². The lowest BCUT2D eigenvalue weighted by Gasteiger charge is -2.11. The van der Waals surface area contributed by atoms with E-state index in [0.717, 1.165) is 53.2 Å². The van der Waals surface area contributed by atoms with E-state index in [4.69, 9.17) is 14.8 Å². The molecule has 0 amide bonds. The Balaban J connectivity index is 1.70. The van der Waals surface area contributed by atoms with E-state index in [1.54, 1.807) is 17.5 Å². The molecule has 0 saturated heterocycles. The van der Waals surface area contributed by atoms with Crippen LogP contribution in [0, 0.1) is 0 Å². The third-order valence-electron chi connectivity index (χ3n) is 5.55. The van der Waals surface area contributed by atoms with Crippen molar-refractivity contribution in [1.82, 2.24) is 9.97 Å². The van der Waals surface area contributed by atoms with E-state index in [1.807, 2.05) is 5.38 Å². The molecule has 5 nitrogen and oxygen atoms in total. The first-order valence-electron chi connectivity index (χ1n) is 11.5. The van der Waals surface area contributed by atoms with Crippen molar-refractivity contribution in [3.05, 3.63) is 59.2 Å². The zero-order valence-corrected chi connectivity index (χ0v) is 20.5. The normalized spacial score (nSPS) is 11.7. The molecule has 0 saturated carbocycles.